The lowest BCUT2D eigenvalue weighted by Gasteiger charge is -2.18. The smallest absolute Gasteiger partial charge is 0.150 e. The van der Waals surface area contributed by atoms with Gasteiger partial charge in [-0.05, 0) is 38.1 Å². The van der Waals surface area contributed by atoms with E-state index in [0.29, 0.717) is 0 Å². The Morgan fingerprint density at radius 1 is 0.944 bits per heavy atom. The highest BCUT2D eigenvalue weighted by molar-refractivity contribution is 5.90. The Balaban J connectivity index is 2.22. The minimum atomic E-state index is -0.0742. The van der Waals surface area contributed by atoms with Crippen molar-refractivity contribution in [2.24, 2.45) is 14.1 Å². The molecule has 0 aliphatic rings. The van der Waals surface area contributed by atoms with E-state index in [1.54, 1.807) is 0 Å². The number of carbonyl (C=O) groups excluding carboxylic acids is 1. The highest BCUT2D eigenvalue weighted by Gasteiger charge is 2.25. The molecule has 0 aromatic carbocycles. The van der Waals surface area contributed by atoms with Crippen molar-refractivity contribution in [3.8, 4) is 0 Å². The molecule has 96 valence electrons. The molecule has 0 fully saturated rings. The average Bonchev–Trinajstić information content (AvgIpc) is 2.95. The van der Waals surface area contributed by atoms with Crippen LogP contribution in [-0.2, 0) is 18.9 Å². The lowest BCUT2D eigenvalue weighted by Crippen LogP contribution is -2.20. The van der Waals surface area contributed by atoms with Crippen molar-refractivity contribution >= 4 is 5.78 Å². The number of Topliss-reactive ketones (excluding diaryl/α,β-unsaturated/α-hetero) is 1. The summed E-state index contributed by atoms with van der Waals surface area (Å²) in [4.78, 5) is 12.5. The van der Waals surface area contributed by atoms with Gasteiger partial charge in [-0.1, -0.05) is 0 Å². The summed E-state index contributed by atoms with van der Waals surface area (Å²) in [5, 5.41) is 0. The van der Waals surface area contributed by atoms with Crippen LogP contribution in [0, 0.1) is 0 Å². The van der Waals surface area contributed by atoms with Crippen LogP contribution < -0.4 is 0 Å². The van der Waals surface area contributed by atoms with Crippen molar-refractivity contribution in [2.75, 3.05) is 0 Å². The second kappa shape index (κ2) is 4.84. The largest absolute Gasteiger partial charge is 0.354 e. The van der Waals surface area contributed by atoms with Crippen LogP contribution in [0.4, 0.5) is 0 Å². The van der Waals surface area contributed by atoms with E-state index in [9.17, 15) is 4.79 Å². The molecule has 2 atom stereocenters. The monoisotopic (exact) mass is 244 g/mol. The maximum absolute atomic E-state index is 12.5. The second-order valence-corrected chi connectivity index (χ2v) is 4.93. The van der Waals surface area contributed by atoms with Crippen LogP contribution in [0.1, 0.15) is 37.1 Å². The molecule has 2 aromatic heterocycles. The summed E-state index contributed by atoms with van der Waals surface area (Å²) in [5.74, 6) is 0.114. The molecule has 2 unspecified atom stereocenters. The van der Waals surface area contributed by atoms with Crippen molar-refractivity contribution < 1.29 is 4.79 Å². The maximum atomic E-state index is 12.5. The van der Waals surface area contributed by atoms with E-state index in [-0.39, 0.29) is 17.6 Å². The van der Waals surface area contributed by atoms with E-state index in [4.69, 9.17) is 0 Å². The molecule has 2 rings (SSSR count). The van der Waals surface area contributed by atoms with Gasteiger partial charge in [0.15, 0.2) is 0 Å². The topological polar surface area (TPSA) is 26.9 Å². The van der Waals surface area contributed by atoms with Gasteiger partial charge in [-0.3, -0.25) is 4.79 Å². The lowest BCUT2D eigenvalue weighted by molar-refractivity contribution is -0.121. The van der Waals surface area contributed by atoms with Crippen molar-refractivity contribution in [1.29, 1.82) is 0 Å². The average molecular weight is 244 g/mol. The fourth-order valence-corrected chi connectivity index (χ4v) is 2.51. The van der Waals surface area contributed by atoms with Crippen LogP contribution in [0.3, 0.4) is 0 Å². The molecule has 3 heteroatoms. The third-order valence-corrected chi connectivity index (χ3v) is 3.71. The van der Waals surface area contributed by atoms with Crippen LogP contribution in [0.2, 0.25) is 0 Å². The molecule has 3 nitrogen and oxygen atoms in total. The number of aromatic nitrogens is 2. The lowest BCUT2D eigenvalue weighted by atomic mass is 9.91. The van der Waals surface area contributed by atoms with E-state index in [1.165, 1.54) is 0 Å². The fourth-order valence-electron chi connectivity index (χ4n) is 2.51. The minimum absolute atomic E-state index is 0.0742. The molecule has 0 saturated carbocycles. The van der Waals surface area contributed by atoms with Crippen molar-refractivity contribution in [2.45, 2.75) is 25.7 Å². The van der Waals surface area contributed by atoms with Crippen molar-refractivity contribution in [1.82, 2.24) is 9.13 Å². The third-order valence-electron chi connectivity index (χ3n) is 3.71. The second-order valence-electron chi connectivity index (χ2n) is 4.93. The Morgan fingerprint density at radius 2 is 1.33 bits per heavy atom. The van der Waals surface area contributed by atoms with Gasteiger partial charge in [0.1, 0.15) is 5.78 Å². The summed E-state index contributed by atoms with van der Waals surface area (Å²) >= 11 is 0. The van der Waals surface area contributed by atoms with E-state index >= 15 is 0 Å². The number of aryl methyl sites for hydroxylation is 2. The van der Waals surface area contributed by atoms with Crippen LogP contribution in [0.15, 0.2) is 36.7 Å². The SMILES string of the molecule is CC(C(=O)C(C)c1cccn1C)c1cccn1C. The summed E-state index contributed by atoms with van der Waals surface area (Å²) in [6.07, 6.45) is 3.96. The van der Waals surface area contributed by atoms with E-state index < -0.39 is 0 Å². The van der Waals surface area contributed by atoms with E-state index in [2.05, 4.69) is 0 Å². The van der Waals surface area contributed by atoms with Crippen molar-refractivity contribution in [3.05, 3.63) is 48.0 Å². The van der Waals surface area contributed by atoms with Crippen LogP contribution in [0.5, 0.6) is 0 Å². The predicted molar refractivity (Wildman–Crippen MR) is 72.7 cm³/mol. The molecular formula is C15H20N2O. The Labute approximate surface area is 108 Å². The molecule has 18 heavy (non-hydrogen) atoms. The van der Waals surface area contributed by atoms with Gasteiger partial charge in [0.2, 0.25) is 0 Å². The predicted octanol–water partition coefficient (Wildman–Crippen LogP) is 2.84. The summed E-state index contributed by atoms with van der Waals surface area (Å²) in [5.41, 5.74) is 2.14. The van der Waals surface area contributed by atoms with Gasteiger partial charge in [-0.15, -0.1) is 0 Å². The first kappa shape index (κ1) is 12.7. The normalized spacial score (nSPS) is 14.4. The number of nitrogens with zero attached hydrogens (tertiary/aromatic N) is 2. The Bertz CT molecular complexity index is 502. The standard InChI is InChI=1S/C15H20N2O/c1-11(13-7-5-9-16(13)3)15(18)12(2)14-8-6-10-17(14)4/h5-12H,1-4H3. The van der Waals surface area contributed by atoms with Crippen molar-refractivity contribution in [3.63, 3.8) is 0 Å². The van der Waals surface area contributed by atoms with Crippen LogP contribution >= 0.6 is 0 Å². The molecule has 0 bridgehead atoms. The number of hydrogen-bond acceptors (Lipinski definition) is 1. The summed E-state index contributed by atoms with van der Waals surface area (Å²) in [6.45, 7) is 3.97. The molecule has 0 aliphatic heterocycles. The highest BCUT2D eigenvalue weighted by Crippen LogP contribution is 2.26. The molecular weight excluding hydrogens is 224 g/mol. The minimum Gasteiger partial charge on any atom is -0.354 e. The summed E-state index contributed by atoms with van der Waals surface area (Å²) < 4.78 is 4.03. The highest BCUT2D eigenvalue weighted by atomic mass is 16.1. The Kier molecular flexibility index (Phi) is 3.41. The van der Waals surface area contributed by atoms with Gasteiger partial charge in [0.05, 0.1) is 11.8 Å². The number of rotatable bonds is 4. The Hall–Kier alpha value is -1.77. The molecule has 0 spiro atoms. The first-order valence-electron chi connectivity index (χ1n) is 6.28. The molecule has 0 N–H and O–H groups in total. The Morgan fingerprint density at radius 3 is 1.61 bits per heavy atom. The first-order chi connectivity index (χ1) is 8.52. The van der Waals surface area contributed by atoms with Gasteiger partial charge in [-0.2, -0.15) is 0 Å². The first-order valence-corrected chi connectivity index (χ1v) is 6.28. The van der Waals surface area contributed by atoms with E-state index in [1.807, 2.05) is 73.7 Å². The third kappa shape index (κ3) is 2.13. The van der Waals surface area contributed by atoms with Gasteiger partial charge in [-0.25, -0.2) is 0 Å². The molecule has 0 radical (unpaired) electrons. The van der Waals surface area contributed by atoms with Gasteiger partial charge in [0, 0.05) is 37.9 Å². The summed E-state index contributed by atoms with van der Waals surface area (Å²) in [6, 6.07) is 7.99. The molecule has 0 aliphatic carbocycles. The molecule has 0 saturated heterocycles. The summed E-state index contributed by atoms with van der Waals surface area (Å²) in [7, 11) is 3.96. The van der Waals surface area contributed by atoms with E-state index in [0.717, 1.165) is 11.4 Å². The number of ketones is 1. The fraction of sp³-hybridized carbons (Fsp3) is 0.400. The molecule has 2 aromatic rings. The van der Waals surface area contributed by atoms with Gasteiger partial charge >= 0.3 is 0 Å². The number of carbonyl (C=O) groups is 1. The van der Waals surface area contributed by atoms with Gasteiger partial charge < -0.3 is 9.13 Å². The zero-order chi connectivity index (χ0) is 13.3. The quantitative estimate of drug-likeness (QED) is 0.812. The van der Waals surface area contributed by atoms with Gasteiger partial charge in [0.25, 0.3) is 0 Å². The zero-order valence-electron chi connectivity index (χ0n) is 11.4. The molecule has 0 amide bonds. The maximum Gasteiger partial charge on any atom is 0.150 e. The van der Waals surface area contributed by atoms with Crippen LogP contribution in [-0.4, -0.2) is 14.9 Å². The van der Waals surface area contributed by atoms with Crippen LogP contribution in [0.25, 0.3) is 0 Å². The number of hydrogen-bond donors (Lipinski definition) is 0. The molecule has 2 heterocycles. The zero-order valence-corrected chi connectivity index (χ0v) is 11.4.